The second-order valence-corrected chi connectivity index (χ2v) is 7.33. The lowest BCUT2D eigenvalue weighted by molar-refractivity contribution is -0.130. The Kier molecular flexibility index (Phi) is 6.55. The van der Waals surface area contributed by atoms with Crippen molar-refractivity contribution in [3.8, 4) is 0 Å². The highest BCUT2D eigenvalue weighted by Gasteiger charge is 2.16. The molecule has 1 N–H and O–H groups in total. The summed E-state index contributed by atoms with van der Waals surface area (Å²) >= 11 is 1.33. The molecule has 0 unspecified atom stereocenters. The lowest BCUT2D eigenvalue weighted by Gasteiger charge is -2.21. The van der Waals surface area contributed by atoms with E-state index in [4.69, 9.17) is 0 Å². The number of carbonyl (C=O) groups excluding carboxylic acids is 2. The summed E-state index contributed by atoms with van der Waals surface area (Å²) in [5, 5.41) is 5.10. The summed E-state index contributed by atoms with van der Waals surface area (Å²) in [6, 6.07) is 17.1. The van der Waals surface area contributed by atoms with Gasteiger partial charge in [-0.25, -0.2) is 4.98 Å². The van der Waals surface area contributed by atoms with Crippen LogP contribution in [0.3, 0.4) is 0 Å². The van der Waals surface area contributed by atoms with Crippen molar-refractivity contribution in [2.24, 2.45) is 0 Å². The van der Waals surface area contributed by atoms with Crippen molar-refractivity contribution < 1.29 is 9.59 Å². The van der Waals surface area contributed by atoms with Crippen LogP contribution in [-0.4, -0.2) is 28.2 Å². The number of anilines is 1. The zero-order chi connectivity index (χ0) is 19.9. The molecule has 2 amide bonds. The maximum Gasteiger partial charge on any atom is 0.257 e. The monoisotopic (exact) mass is 393 g/mol. The van der Waals surface area contributed by atoms with Gasteiger partial charge in [-0.05, 0) is 37.1 Å². The van der Waals surface area contributed by atoms with E-state index < -0.39 is 0 Å². The minimum atomic E-state index is -0.206. The first-order valence-electron chi connectivity index (χ1n) is 9.20. The summed E-state index contributed by atoms with van der Waals surface area (Å²) in [6.07, 6.45) is 0.220. The number of nitrogens with one attached hydrogen (secondary N) is 1. The third-order valence-electron chi connectivity index (χ3n) is 4.50. The van der Waals surface area contributed by atoms with Gasteiger partial charge in [0.1, 0.15) is 0 Å². The van der Waals surface area contributed by atoms with E-state index in [-0.39, 0.29) is 18.2 Å². The number of likely N-dealkylation sites (N-methyl/N-ethyl adjacent to an activating group) is 1. The van der Waals surface area contributed by atoms with Crippen LogP contribution >= 0.6 is 11.3 Å². The maximum atomic E-state index is 12.7. The minimum absolute atomic E-state index is 0.0250. The molecule has 28 heavy (non-hydrogen) atoms. The number of hydrogen-bond acceptors (Lipinski definition) is 4. The summed E-state index contributed by atoms with van der Waals surface area (Å²) in [5.41, 5.74) is 3.56. The topological polar surface area (TPSA) is 62.3 Å². The van der Waals surface area contributed by atoms with Crippen LogP contribution in [0.2, 0.25) is 0 Å². The molecular formula is C22H23N3O2S. The first-order valence-corrected chi connectivity index (χ1v) is 10.1. The summed E-state index contributed by atoms with van der Waals surface area (Å²) in [5.74, 6) is -0.181. The number of aromatic nitrogens is 1. The Bertz CT molecular complexity index is 953. The Hall–Kier alpha value is -2.99. The van der Waals surface area contributed by atoms with Gasteiger partial charge in [-0.3, -0.25) is 14.9 Å². The van der Waals surface area contributed by atoms with Crippen molar-refractivity contribution in [2.75, 3.05) is 11.9 Å². The van der Waals surface area contributed by atoms with Crippen molar-refractivity contribution >= 4 is 28.3 Å². The van der Waals surface area contributed by atoms with Crippen molar-refractivity contribution in [1.82, 2.24) is 9.88 Å². The molecule has 0 aliphatic carbocycles. The van der Waals surface area contributed by atoms with Gasteiger partial charge < -0.3 is 4.90 Å². The number of benzene rings is 2. The summed E-state index contributed by atoms with van der Waals surface area (Å²) in [4.78, 5) is 31.2. The zero-order valence-corrected chi connectivity index (χ0v) is 16.8. The highest BCUT2D eigenvalue weighted by molar-refractivity contribution is 7.14. The van der Waals surface area contributed by atoms with E-state index in [0.717, 1.165) is 5.56 Å². The van der Waals surface area contributed by atoms with Crippen LogP contribution in [0, 0.1) is 6.92 Å². The molecule has 0 spiro atoms. The zero-order valence-electron chi connectivity index (χ0n) is 16.0. The average molecular weight is 394 g/mol. The molecule has 6 heteroatoms. The van der Waals surface area contributed by atoms with E-state index in [9.17, 15) is 9.59 Å². The smallest absolute Gasteiger partial charge is 0.257 e. The molecular weight excluding hydrogens is 370 g/mol. The molecule has 144 valence electrons. The van der Waals surface area contributed by atoms with Crippen LogP contribution in [0.25, 0.3) is 0 Å². The highest BCUT2D eigenvalue weighted by atomic mass is 32.1. The summed E-state index contributed by atoms with van der Waals surface area (Å²) in [7, 11) is 0. The Morgan fingerprint density at radius 1 is 1.07 bits per heavy atom. The van der Waals surface area contributed by atoms with Gasteiger partial charge in [-0.1, -0.05) is 42.5 Å². The maximum absolute atomic E-state index is 12.7. The van der Waals surface area contributed by atoms with Gasteiger partial charge in [0.15, 0.2) is 5.13 Å². The van der Waals surface area contributed by atoms with E-state index in [1.165, 1.54) is 16.9 Å². The predicted molar refractivity (Wildman–Crippen MR) is 112 cm³/mol. The molecule has 0 aliphatic rings. The molecule has 0 saturated carbocycles. The van der Waals surface area contributed by atoms with E-state index in [0.29, 0.717) is 29.5 Å². The van der Waals surface area contributed by atoms with Gasteiger partial charge in [0.2, 0.25) is 5.91 Å². The first-order chi connectivity index (χ1) is 13.6. The van der Waals surface area contributed by atoms with Gasteiger partial charge in [-0.15, -0.1) is 11.3 Å². The largest absolute Gasteiger partial charge is 0.338 e. The summed E-state index contributed by atoms with van der Waals surface area (Å²) in [6.45, 7) is 5.25. The Morgan fingerprint density at radius 3 is 2.50 bits per heavy atom. The van der Waals surface area contributed by atoms with Crippen LogP contribution in [0.5, 0.6) is 0 Å². The van der Waals surface area contributed by atoms with Gasteiger partial charge in [-0.2, -0.15) is 0 Å². The van der Waals surface area contributed by atoms with Gasteiger partial charge in [0.25, 0.3) is 5.91 Å². The van der Waals surface area contributed by atoms with Crippen molar-refractivity contribution in [2.45, 2.75) is 26.8 Å². The molecule has 3 rings (SSSR count). The average Bonchev–Trinajstić information content (AvgIpc) is 3.14. The van der Waals surface area contributed by atoms with Crippen molar-refractivity contribution in [3.63, 3.8) is 0 Å². The molecule has 3 aromatic rings. The normalized spacial score (nSPS) is 10.5. The van der Waals surface area contributed by atoms with Gasteiger partial charge >= 0.3 is 0 Å². The van der Waals surface area contributed by atoms with Crippen molar-refractivity contribution in [1.29, 1.82) is 0 Å². The molecule has 0 atom stereocenters. The summed E-state index contributed by atoms with van der Waals surface area (Å²) < 4.78 is 0. The van der Waals surface area contributed by atoms with Gasteiger partial charge in [0.05, 0.1) is 12.1 Å². The number of rotatable bonds is 7. The van der Waals surface area contributed by atoms with E-state index in [1.807, 2.05) is 53.6 Å². The van der Waals surface area contributed by atoms with E-state index in [1.54, 1.807) is 12.1 Å². The molecule has 0 aliphatic heterocycles. The molecule has 1 heterocycles. The quantitative estimate of drug-likeness (QED) is 0.651. The second-order valence-electron chi connectivity index (χ2n) is 6.48. The Balaban J connectivity index is 1.61. The van der Waals surface area contributed by atoms with Crippen LogP contribution in [0.15, 0.2) is 60.0 Å². The number of carbonyl (C=O) groups is 2. The van der Waals surface area contributed by atoms with Crippen LogP contribution in [0.4, 0.5) is 5.13 Å². The van der Waals surface area contributed by atoms with Crippen LogP contribution < -0.4 is 5.32 Å². The minimum Gasteiger partial charge on any atom is -0.338 e. The molecule has 0 fully saturated rings. The number of aryl methyl sites for hydroxylation is 1. The molecule has 5 nitrogen and oxygen atoms in total. The van der Waals surface area contributed by atoms with Crippen LogP contribution in [0.1, 0.15) is 34.1 Å². The first kappa shape index (κ1) is 19.8. The number of nitrogens with zero attached hydrogens (tertiary/aromatic N) is 2. The molecule has 0 radical (unpaired) electrons. The molecule has 2 aromatic carbocycles. The standard InChI is InChI=1S/C22H23N3O2S/c1-3-25(14-18-12-8-7-9-16(18)2)20(26)13-19-15-28-22(23-19)24-21(27)17-10-5-4-6-11-17/h4-12,15H,3,13-14H2,1-2H3,(H,23,24,27). The molecule has 0 bridgehead atoms. The lowest BCUT2D eigenvalue weighted by atomic mass is 10.1. The third-order valence-corrected chi connectivity index (χ3v) is 5.30. The number of amides is 2. The number of hydrogen-bond donors (Lipinski definition) is 1. The third kappa shape index (κ3) is 5.04. The SMILES string of the molecule is CCN(Cc1ccccc1C)C(=O)Cc1csc(NC(=O)c2ccccc2)n1. The van der Waals surface area contributed by atoms with E-state index >= 15 is 0 Å². The fraction of sp³-hybridized carbons (Fsp3) is 0.227. The van der Waals surface area contributed by atoms with E-state index in [2.05, 4.69) is 23.3 Å². The fourth-order valence-electron chi connectivity index (χ4n) is 2.84. The van der Waals surface area contributed by atoms with Gasteiger partial charge in [0, 0.05) is 24.0 Å². The number of thiazole rings is 1. The molecule has 0 saturated heterocycles. The van der Waals surface area contributed by atoms with Crippen molar-refractivity contribution in [3.05, 3.63) is 82.4 Å². The Morgan fingerprint density at radius 2 is 1.79 bits per heavy atom. The fourth-order valence-corrected chi connectivity index (χ4v) is 3.55. The predicted octanol–water partition coefficient (Wildman–Crippen LogP) is 4.30. The van der Waals surface area contributed by atoms with Crippen LogP contribution in [-0.2, 0) is 17.8 Å². The molecule has 1 aromatic heterocycles. The second kappa shape index (κ2) is 9.28. The highest BCUT2D eigenvalue weighted by Crippen LogP contribution is 2.18. The lowest BCUT2D eigenvalue weighted by Crippen LogP contribution is -2.32. The Labute approximate surface area is 169 Å².